The van der Waals surface area contributed by atoms with Crippen LogP contribution in [0.2, 0.25) is 0 Å². The highest BCUT2D eigenvalue weighted by molar-refractivity contribution is 5.94. The van der Waals surface area contributed by atoms with Gasteiger partial charge in [0.25, 0.3) is 0 Å². The summed E-state index contributed by atoms with van der Waals surface area (Å²) >= 11 is 0. The van der Waals surface area contributed by atoms with E-state index in [9.17, 15) is 5.11 Å². The SMILES string of the molecule is CC(C)(c1ccccc1)c1ccc(OCc2cccc(COc3ccc(C(=N)N)cc3)c2)c(O)c1. The van der Waals surface area contributed by atoms with E-state index in [-0.39, 0.29) is 17.0 Å². The Morgan fingerprint density at radius 2 is 1.43 bits per heavy atom. The van der Waals surface area contributed by atoms with Gasteiger partial charge in [-0.1, -0.05) is 68.4 Å². The fraction of sp³-hybridized carbons (Fsp3) is 0.167. The Balaban J connectivity index is 1.38. The Labute approximate surface area is 206 Å². The number of amidine groups is 1. The van der Waals surface area contributed by atoms with Crippen LogP contribution in [0.4, 0.5) is 0 Å². The van der Waals surface area contributed by atoms with E-state index in [2.05, 4.69) is 26.0 Å². The number of nitrogens with two attached hydrogens (primary N) is 1. The molecule has 0 aromatic heterocycles. The minimum Gasteiger partial charge on any atom is -0.504 e. The molecule has 5 heteroatoms. The molecular formula is C30H30N2O3. The molecule has 0 heterocycles. The van der Waals surface area contributed by atoms with Gasteiger partial charge in [0.05, 0.1) is 0 Å². The fourth-order valence-corrected chi connectivity index (χ4v) is 3.92. The van der Waals surface area contributed by atoms with Crippen LogP contribution in [0.5, 0.6) is 17.2 Å². The molecule has 35 heavy (non-hydrogen) atoms. The topological polar surface area (TPSA) is 88.6 Å². The molecule has 5 nitrogen and oxygen atoms in total. The Morgan fingerprint density at radius 3 is 2.06 bits per heavy atom. The average Bonchev–Trinajstić information content (AvgIpc) is 2.87. The molecule has 0 aliphatic heterocycles. The van der Waals surface area contributed by atoms with Crippen molar-refractivity contribution in [3.8, 4) is 17.2 Å². The lowest BCUT2D eigenvalue weighted by Crippen LogP contribution is -2.18. The zero-order chi connectivity index (χ0) is 24.8. The van der Waals surface area contributed by atoms with Gasteiger partial charge in [0, 0.05) is 11.0 Å². The fourth-order valence-electron chi connectivity index (χ4n) is 3.92. The first kappa shape index (κ1) is 23.9. The Hall–Kier alpha value is -4.25. The van der Waals surface area contributed by atoms with Crippen LogP contribution in [0, 0.1) is 5.41 Å². The van der Waals surface area contributed by atoms with Crippen molar-refractivity contribution in [2.24, 2.45) is 5.73 Å². The smallest absolute Gasteiger partial charge is 0.161 e. The minimum atomic E-state index is -0.238. The predicted molar refractivity (Wildman–Crippen MR) is 139 cm³/mol. The van der Waals surface area contributed by atoms with Crippen LogP contribution >= 0.6 is 0 Å². The Kier molecular flexibility index (Phi) is 7.06. The Morgan fingerprint density at radius 1 is 0.771 bits per heavy atom. The first-order chi connectivity index (χ1) is 16.8. The number of benzene rings is 4. The van der Waals surface area contributed by atoms with Gasteiger partial charge in [-0.3, -0.25) is 5.41 Å². The van der Waals surface area contributed by atoms with E-state index in [1.54, 1.807) is 30.3 Å². The molecule has 0 atom stereocenters. The number of hydrogen-bond donors (Lipinski definition) is 3. The van der Waals surface area contributed by atoms with Crippen LogP contribution in [-0.2, 0) is 18.6 Å². The maximum Gasteiger partial charge on any atom is 0.161 e. The molecule has 0 unspecified atom stereocenters. The molecule has 0 bridgehead atoms. The average molecular weight is 467 g/mol. The molecule has 0 saturated heterocycles. The summed E-state index contributed by atoms with van der Waals surface area (Å²) in [6.07, 6.45) is 0. The summed E-state index contributed by atoms with van der Waals surface area (Å²) in [4.78, 5) is 0. The zero-order valence-corrected chi connectivity index (χ0v) is 20.0. The summed E-state index contributed by atoms with van der Waals surface area (Å²) in [5, 5.41) is 18.1. The second-order valence-corrected chi connectivity index (χ2v) is 9.01. The summed E-state index contributed by atoms with van der Waals surface area (Å²) in [6, 6.07) is 30.9. The van der Waals surface area contributed by atoms with Gasteiger partial charge >= 0.3 is 0 Å². The molecule has 4 N–H and O–H groups in total. The molecule has 178 valence electrons. The van der Waals surface area contributed by atoms with Crippen molar-refractivity contribution < 1.29 is 14.6 Å². The highest BCUT2D eigenvalue weighted by Gasteiger charge is 2.24. The quantitative estimate of drug-likeness (QED) is 0.204. The van der Waals surface area contributed by atoms with Crippen LogP contribution in [0.1, 0.15) is 41.7 Å². The van der Waals surface area contributed by atoms with Gasteiger partial charge in [-0.25, -0.2) is 0 Å². The molecule has 0 aliphatic carbocycles. The summed E-state index contributed by atoms with van der Waals surface area (Å²) < 4.78 is 11.8. The van der Waals surface area contributed by atoms with Crippen molar-refractivity contribution >= 4 is 5.84 Å². The third kappa shape index (κ3) is 5.82. The number of hydrogen-bond acceptors (Lipinski definition) is 4. The van der Waals surface area contributed by atoms with Crippen LogP contribution in [0.15, 0.2) is 97.1 Å². The Bertz CT molecular complexity index is 1300. The second-order valence-electron chi connectivity index (χ2n) is 9.01. The molecular weight excluding hydrogens is 436 g/mol. The summed E-state index contributed by atoms with van der Waals surface area (Å²) in [5.41, 5.74) is 10.1. The number of ether oxygens (including phenoxy) is 2. The van der Waals surface area contributed by atoms with Crippen molar-refractivity contribution in [1.29, 1.82) is 5.41 Å². The van der Waals surface area contributed by atoms with E-state index < -0.39 is 0 Å². The number of nitrogen functional groups attached to an aromatic ring is 1. The molecule has 4 rings (SSSR count). The van der Waals surface area contributed by atoms with Gasteiger partial charge in [0.1, 0.15) is 24.8 Å². The van der Waals surface area contributed by atoms with Crippen molar-refractivity contribution in [2.75, 3.05) is 0 Å². The molecule has 4 aromatic rings. The van der Waals surface area contributed by atoms with Gasteiger partial charge in [-0.2, -0.15) is 0 Å². The number of phenolic OH excluding ortho intramolecular Hbond substituents is 1. The van der Waals surface area contributed by atoms with E-state index >= 15 is 0 Å². The summed E-state index contributed by atoms with van der Waals surface area (Å²) in [6.45, 7) is 5.02. The number of rotatable bonds is 9. The second kappa shape index (κ2) is 10.3. The highest BCUT2D eigenvalue weighted by atomic mass is 16.5. The van der Waals surface area contributed by atoms with E-state index in [0.717, 1.165) is 16.7 Å². The molecule has 4 aromatic carbocycles. The lowest BCUT2D eigenvalue weighted by Gasteiger charge is -2.26. The maximum absolute atomic E-state index is 10.6. The largest absolute Gasteiger partial charge is 0.504 e. The molecule has 0 aliphatic rings. The summed E-state index contributed by atoms with van der Waals surface area (Å²) in [7, 11) is 0. The van der Waals surface area contributed by atoms with Crippen molar-refractivity contribution in [3.63, 3.8) is 0 Å². The number of phenols is 1. The van der Waals surface area contributed by atoms with Crippen molar-refractivity contribution in [1.82, 2.24) is 0 Å². The molecule has 0 amide bonds. The minimum absolute atomic E-state index is 0.0323. The van der Waals surface area contributed by atoms with Gasteiger partial charge in [0.2, 0.25) is 0 Å². The molecule has 0 spiro atoms. The first-order valence-electron chi connectivity index (χ1n) is 11.5. The predicted octanol–water partition coefficient (Wildman–Crippen LogP) is 6.16. The van der Waals surface area contributed by atoms with Gasteiger partial charge in [-0.15, -0.1) is 0 Å². The van der Waals surface area contributed by atoms with Crippen molar-refractivity contribution in [2.45, 2.75) is 32.5 Å². The third-order valence-electron chi connectivity index (χ3n) is 6.13. The normalized spacial score (nSPS) is 11.1. The van der Waals surface area contributed by atoms with Gasteiger partial charge in [-0.05, 0) is 64.7 Å². The first-order valence-corrected chi connectivity index (χ1v) is 11.5. The zero-order valence-electron chi connectivity index (χ0n) is 20.0. The molecule has 0 saturated carbocycles. The lowest BCUT2D eigenvalue weighted by atomic mass is 9.78. The molecule has 0 radical (unpaired) electrons. The van der Waals surface area contributed by atoms with Crippen LogP contribution in [0.25, 0.3) is 0 Å². The highest BCUT2D eigenvalue weighted by Crippen LogP contribution is 2.36. The third-order valence-corrected chi connectivity index (χ3v) is 6.13. The van der Waals surface area contributed by atoms with Gasteiger partial charge < -0.3 is 20.3 Å². The van der Waals surface area contributed by atoms with Gasteiger partial charge in [0.15, 0.2) is 11.5 Å². The standard InChI is InChI=1S/C30H30N2O3/c1-30(2,24-9-4-3-5-10-24)25-13-16-28(27(33)18-25)35-20-22-8-6-7-21(17-22)19-34-26-14-11-23(12-15-26)29(31)32/h3-18,33H,19-20H2,1-2H3,(H3,31,32). The van der Waals surface area contributed by atoms with E-state index in [4.69, 9.17) is 20.6 Å². The van der Waals surface area contributed by atoms with E-state index in [1.165, 1.54) is 5.56 Å². The van der Waals surface area contributed by atoms with E-state index in [1.807, 2.05) is 54.6 Å². The summed E-state index contributed by atoms with van der Waals surface area (Å²) in [5.74, 6) is 1.31. The van der Waals surface area contributed by atoms with Crippen LogP contribution in [0.3, 0.4) is 0 Å². The molecule has 0 fully saturated rings. The monoisotopic (exact) mass is 466 g/mol. The number of nitrogens with one attached hydrogen (secondary N) is 1. The number of aromatic hydroxyl groups is 1. The lowest BCUT2D eigenvalue weighted by molar-refractivity contribution is 0.287. The van der Waals surface area contributed by atoms with Crippen molar-refractivity contribution in [3.05, 3.63) is 125 Å². The van der Waals surface area contributed by atoms with Crippen LogP contribution < -0.4 is 15.2 Å². The van der Waals surface area contributed by atoms with Crippen LogP contribution in [-0.4, -0.2) is 10.9 Å². The van der Waals surface area contributed by atoms with E-state index in [0.29, 0.717) is 30.3 Å². The maximum atomic E-state index is 10.6.